The first-order valence-corrected chi connectivity index (χ1v) is 9.96. The second-order valence-corrected chi connectivity index (χ2v) is 7.24. The number of benzene rings is 2. The predicted octanol–water partition coefficient (Wildman–Crippen LogP) is 3.90. The maximum absolute atomic E-state index is 13.4. The monoisotopic (exact) mass is 429 g/mol. The topological polar surface area (TPSA) is 82.7 Å². The summed E-state index contributed by atoms with van der Waals surface area (Å²) in [5, 5.41) is 8.69. The lowest BCUT2D eigenvalue weighted by Gasteiger charge is -2.20. The summed E-state index contributed by atoms with van der Waals surface area (Å²) in [5.74, 6) is 1.87. The molecule has 0 spiro atoms. The zero-order valence-electron chi connectivity index (χ0n) is 17.5. The molecular formula is C23H20FN7O. The summed E-state index contributed by atoms with van der Waals surface area (Å²) in [6.45, 7) is 0. The van der Waals surface area contributed by atoms with Gasteiger partial charge in [-0.05, 0) is 42.0 Å². The van der Waals surface area contributed by atoms with Crippen molar-refractivity contribution in [3.63, 3.8) is 0 Å². The Bertz CT molecular complexity index is 1380. The summed E-state index contributed by atoms with van der Waals surface area (Å²) >= 11 is 0. The zero-order chi connectivity index (χ0) is 22.1. The van der Waals surface area contributed by atoms with Gasteiger partial charge in [0.25, 0.3) is 0 Å². The van der Waals surface area contributed by atoms with E-state index in [1.54, 1.807) is 36.3 Å². The molecule has 1 atom stereocenters. The van der Waals surface area contributed by atoms with E-state index in [4.69, 9.17) is 4.74 Å². The molecule has 0 amide bonds. The number of nitrogens with one attached hydrogen (secondary N) is 1. The summed E-state index contributed by atoms with van der Waals surface area (Å²) in [7, 11) is 3.58. The molecule has 0 fully saturated rings. The van der Waals surface area contributed by atoms with E-state index in [1.807, 2.05) is 42.1 Å². The highest BCUT2D eigenvalue weighted by atomic mass is 19.1. The Kier molecular flexibility index (Phi) is 4.98. The third kappa shape index (κ3) is 3.53. The van der Waals surface area contributed by atoms with Crippen molar-refractivity contribution in [1.82, 2.24) is 29.3 Å². The lowest BCUT2D eigenvalue weighted by Crippen LogP contribution is -2.17. The van der Waals surface area contributed by atoms with Crippen LogP contribution in [0, 0.1) is 5.82 Å². The third-order valence-corrected chi connectivity index (χ3v) is 5.26. The second-order valence-electron chi connectivity index (χ2n) is 7.24. The normalized spacial score (nSPS) is 12.1. The first-order chi connectivity index (χ1) is 15.6. The van der Waals surface area contributed by atoms with E-state index in [2.05, 4.69) is 25.4 Å². The van der Waals surface area contributed by atoms with Crippen molar-refractivity contribution in [2.45, 2.75) is 6.04 Å². The SMILES string of the molecule is COc1cccc(C(Nc2ncnc3c2cnn3-c2ccc(F)cc2)c2nccn2C)c1. The average Bonchev–Trinajstić information content (AvgIpc) is 3.45. The summed E-state index contributed by atoms with van der Waals surface area (Å²) in [6, 6.07) is 13.6. The number of hydrogen-bond donors (Lipinski definition) is 1. The van der Waals surface area contributed by atoms with E-state index in [0.29, 0.717) is 17.2 Å². The van der Waals surface area contributed by atoms with E-state index in [9.17, 15) is 4.39 Å². The van der Waals surface area contributed by atoms with Crippen LogP contribution >= 0.6 is 0 Å². The molecule has 1 unspecified atom stereocenters. The molecule has 8 nitrogen and oxygen atoms in total. The van der Waals surface area contributed by atoms with Crippen molar-refractivity contribution in [3.05, 3.63) is 90.7 Å². The molecule has 0 radical (unpaired) electrons. The summed E-state index contributed by atoms with van der Waals surface area (Å²) < 4.78 is 22.4. The molecule has 32 heavy (non-hydrogen) atoms. The van der Waals surface area contributed by atoms with Gasteiger partial charge in [0.1, 0.15) is 35.6 Å². The number of ether oxygens (including phenoxy) is 1. The molecule has 0 aliphatic rings. The first-order valence-electron chi connectivity index (χ1n) is 9.96. The van der Waals surface area contributed by atoms with E-state index >= 15 is 0 Å². The minimum atomic E-state index is -0.307. The Balaban J connectivity index is 1.59. The van der Waals surface area contributed by atoms with Crippen molar-refractivity contribution in [1.29, 1.82) is 0 Å². The Labute approximate surface area is 183 Å². The molecular weight excluding hydrogens is 409 g/mol. The van der Waals surface area contributed by atoms with Crippen LogP contribution in [0.2, 0.25) is 0 Å². The zero-order valence-corrected chi connectivity index (χ0v) is 17.5. The van der Waals surface area contributed by atoms with Crippen molar-refractivity contribution in [2.75, 3.05) is 12.4 Å². The van der Waals surface area contributed by atoms with Crippen LogP contribution in [0.3, 0.4) is 0 Å². The lowest BCUT2D eigenvalue weighted by molar-refractivity contribution is 0.414. The van der Waals surface area contributed by atoms with E-state index in [-0.39, 0.29) is 11.9 Å². The number of aromatic nitrogens is 6. The molecule has 0 aliphatic carbocycles. The van der Waals surface area contributed by atoms with Gasteiger partial charge in [0.05, 0.1) is 24.4 Å². The van der Waals surface area contributed by atoms with Gasteiger partial charge in [-0.15, -0.1) is 0 Å². The smallest absolute Gasteiger partial charge is 0.168 e. The predicted molar refractivity (Wildman–Crippen MR) is 118 cm³/mol. The minimum absolute atomic E-state index is 0.294. The van der Waals surface area contributed by atoms with Gasteiger partial charge < -0.3 is 14.6 Å². The van der Waals surface area contributed by atoms with Gasteiger partial charge in [-0.1, -0.05) is 12.1 Å². The fraction of sp³-hybridized carbons (Fsp3) is 0.130. The Morgan fingerprint density at radius 2 is 1.91 bits per heavy atom. The first kappa shape index (κ1) is 19.7. The van der Waals surface area contributed by atoms with Gasteiger partial charge in [0.2, 0.25) is 0 Å². The van der Waals surface area contributed by atoms with Crippen molar-refractivity contribution in [3.8, 4) is 11.4 Å². The quantitative estimate of drug-likeness (QED) is 0.441. The van der Waals surface area contributed by atoms with Crippen LogP contribution in [-0.2, 0) is 7.05 Å². The van der Waals surface area contributed by atoms with Gasteiger partial charge in [-0.25, -0.2) is 24.0 Å². The molecule has 160 valence electrons. The van der Waals surface area contributed by atoms with Crippen LogP contribution in [0.25, 0.3) is 16.7 Å². The molecule has 5 aromatic rings. The third-order valence-electron chi connectivity index (χ3n) is 5.26. The number of rotatable bonds is 6. The Hall–Kier alpha value is -4.27. The number of halogens is 1. The van der Waals surface area contributed by atoms with Crippen LogP contribution in [0.5, 0.6) is 5.75 Å². The highest BCUT2D eigenvalue weighted by molar-refractivity contribution is 5.87. The van der Waals surface area contributed by atoms with Gasteiger partial charge >= 0.3 is 0 Å². The van der Waals surface area contributed by atoms with Crippen LogP contribution in [0.4, 0.5) is 10.2 Å². The average molecular weight is 429 g/mol. The van der Waals surface area contributed by atoms with Crippen molar-refractivity contribution in [2.24, 2.45) is 7.05 Å². The Morgan fingerprint density at radius 3 is 2.66 bits per heavy atom. The molecule has 5 rings (SSSR count). The largest absolute Gasteiger partial charge is 0.497 e. The second kappa shape index (κ2) is 8.10. The fourth-order valence-corrected chi connectivity index (χ4v) is 3.64. The Morgan fingerprint density at radius 1 is 1.06 bits per heavy atom. The maximum Gasteiger partial charge on any atom is 0.168 e. The van der Waals surface area contributed by atoms with E-state index in [1.165, 1.54) is 18.5 Å². The molecule has 3 aromatic heterocycles. The number of fused-ring (bicyclic) bond motifs is 1. The van der Waals surface area contributed by atoms with Crippen molar-refractivity contribution >= 4 is 16.9 Å². The number of anilines is 1. The number of aryl methyl sites for hydroxylation is 1. The van der Waals surface area contributed by atoms with Crippen LogP contribution in [0.15, 0.2) is 73.4 Å². The lowest BCUT2D eigenvalue weighted by atomic mass is 10.1. The molecule has 0 saturated heterocycles. The number of hydrogen-bond acceptors (Lipinski definition) is 6. The number of methoxy groups -OCH3 is 1. The fourth-order valence-electron chi connectivity index (χ4n) is 3.64. The van der Waals surface area contributed by atoms with Crippen LogP contribution < -0.4 is 10.1 Å². The molecule has 2 aromatic carbocycles. The van der Waals surface area contributed by atoms with Gasteiger partial charge in [-0.2, -0.15) is 5.10 Å². The molecule has 0 aliphatic heterocycles. The van der Waals surface area contributed by atoms with Gasteiger partial charge in [0.15, 0.2) is 5.65 Å². The standard InChI is InChI=1S/C23H20FN7O/c1-30-11-10-25-23(30)20(15-4-3-5-18(12-15)32-2)29-21-19-13-28-31(22(19)27-14-26-21)17-8-6-16(24)7-9-17/h3-14,20H,1-2H3,(H,26,27,29). The minimum Gasteiger partial charge on any atom is -0.497 e. The summed E-state index contributed by atoms with van der Waals surface area (Å²) in [4.78, 5) is 13.4. The summed E-state index contributed by atoms with van der Waals surface area (Å²) in [6.07, 6.45) is 6.83. The maximum atomic E-state index is 13.4. The molecule has 9 heteroatoms. The highest BCUT2D eigenvalue weighted by Crippen LogP contribution is 2.30. The molecule has 1 N–H and O–H groups in total. The van der Waals surface area contributed by atoms with E-state index < -0.39 is 0 Å². The highest BCUT2D eigenvalue weighted by Gasteiger charge is 2.21. The van der Waals surface area contributed by atoms with Crippen LogP contribution in [-0.4, -0.2) is 36.4 Å². The van der Waals surface area contributed by atoms with Gasteiger partial charge in [-0.3, -0.25) is 0 Å². The summed E-state index contributed by atoms with van der Waals surface area (Å²) in [5.41, 5.74) is 2.29. The van der Waals surface area contributed by atoms with Crippen molar-refractivity contribution < 1.29 is 9.13 Å². The molecule has 0 bridgehead atoms. The van der Waals surface area contributed by atoms with E-state index in [0.717, 1.165) is 22.5 Å². The van der Waals surface area contributed by atoms with Crippen LogP contribution in [0.1, 0.15) is 17.4 Å². The molecule has 3 heterocycles. The number of imidazole rings is 1. The number of nitrogens with zero attached hydrogens (tertiary/aromatic N) is 6. The molecule has 0 saturated carbocycles. The van der Waals surface area contributed by atoms with Gasteiger partial charge in [0, 0.05) is 19.4 Å².